The van der Waals surface area contributed by atoms with Crippen LogP contribution in [0.25, 0.3) is 0 Å². The van der Waals surface area contributed by atoms with Crippen molar-refractivity contribution in [3.05, 3.63) is 29.8 Å². The molecule has 0 heterocycles. The van der Waals surface area contributed by atoms with Gasteiger partial charge in [-0.25, -0.2) is 8.42 Å². The van der Waals surface area contributed by atoms with Crippen LogP contribution in [-0.2, 0) is 9.84 Å². The first-order valence-electron chi connectivity index (χ1n) is 5.16. The number of oxime groups is 1. The Morgan fingerprint density at radius 1 is 1.41 bits per heavy atom. The standard InChI is InChI=1S/C11H16N2O3S/c1-3-10(17(2,15)16)11(13-14)8-4-6-9(12)7-5-8/h4-7,10,14H,3,12H2,1-2H3/b13-11-/t10-/m0/s1. The van der Waals surface area contributed by atoms with E-state index >= 15 is 0 Å². The van der Waals surface area contributed by atoms with E-state index in [9.17, 15) is 8.42 Å². The second-order valence-electron chi connectivity index (χ2n) is 3.83. The summed E-state index contributed by atoms with van der Waals surface area (Å²) in [6.45, 7) is 1.73. The highest BCUT2D eigenvalue weighted by Gasteiger charge is 2.26. The molecule has 0 fully saturated rings. The first kappa shape index (κ1) is 13.5. The van der Waals surface area contributed by atoms with Gasteiger partial charge in [-0.1, -0.05) is 24.2 Å². The van der Waals surface area contributed by atoms with Gasteiger partial charge in [0.25, 0.3) is 0 Å². The zero-order chi connectivity index (χ0) is 13.1. The molecule has 0 aromatic heterocycles. The summed E-state index contributed by atoms with van der Waals surface area (Å²) in [5, 5.41) is 11.3. The largest absolute Gasteiger partial charge is 0.411 e. The third kappa shape index (κ3) is 3.20. The monoisotopic (exact) mass is 256 g/mol. The molecule has 0 aliphatic rings. The molecular weight excluding hydrogens is 240 g/mol. The van der Waals surface area contributed by atoms with Crippen LogP contribution in [0.5, 0.6) is 0 Å². The third-order valence-electron chi connectivity index (χ3n) is 2.51. The van der Waals surface area contributed by atoms with Crippen molar-refractivity contribution in [3.63, 3.8) is 0 Å². The molecule has 1 aromatic rings. The van der Waals surface area contributed by atoms with E-state index in [1.54, 1.807) is 31.2 Å². The molecule has 1 rings (SSSR count). The molecule has 1 aromatic carbocycles. The predicted molar refractivity (Wildman–Crippen MR) is 68.1 cm³/mol. The maximum absolute atomic E-state index is 11.6. The minimum atomic E-state index is -3.31. The van der Waals surface area contributed by atoms with Crippen molar-refractivity contribution in [2.75, 3.05) is 12.0 Å². The van der Waals surface area contributed by atoms with Gasteiger partial charge in [0.1, 0.15) is 11.0 Å². The highest BCUT2D eigenvalue weighted by Crippen LogP contribution is 2.15. The van der Waals surface area contributed by atoms with Crippen LogP contribution >= 0.6 is 0 Å². The van der Waals surface area contributed by atoms with Crippen LogP contribution in [0.3, 0.4) is 0 Å². The van der Waals surface area contributed by atoms with E-state index in [0.717, 1.165) is 6.26 Å². The number of nitrogen functional groups attached to an aromatic ring is 1. The summed E-state index contributed by atoms with van der Waals surface area (Å²) in [4.78, 5) is 0. The van der Waals surface area contributed by atoms with E-state index in [-0.39, 0.29) is 5.71 Å². The summed E-state index contributed by atoms with van der Waals surface area (Å²) in [7, 11) is -3.31. The highest BCUT2D eigenvalue weighted by molar-refractivity contribution is 7.92. The van der Waals surface area contributed by atoms with Gasteiger partial charge in [0.05, 0.1) is 0 Å². The summed E-state index contributed by atoms with van der Waals surface area (Å²) < 4.78 is 23.2. The van der Waals surface area contributed by atoms with Crippen LogP contribution < -0.4 is 5.73 Å². The van der Waals surface area contributed by atoms with E-state index in [1.165, 1.54) is 0 Å². The molecule has 0 saturated heterocycles. The summed E-state index contributed by atoms with van der Waals surface area (Å²) >= 11 is 0. The number of nitrogens with zero attached hydrogens (tertiary/aromatic N) is 1. The molecule has 0 aliphatic carbocycles. The Balaban J connectivity index is 3.20. The van der Waals surface area contributed by atoms with Gasteiger partial charge in [-0.3, -0.25) is 0 Å². The molecule has 17 heavy (non-hydrogen) atoms. The van der Waals surface area contributed by atoms with Crippen molar-refractivity contribution in [2.45, 2.75) is 18.6 Å². The van der Waals surface area contributed by atoms with Gasteiger partial charge in [0.15, 0.2) is 9.84 Å². The number of rotatable bonds is 4. The van der Waals surface area contributed by atoms with Crippen LogP contribution in [0, 0.1) is 0 Å². The maximum atomic E-state index is 11.6. The van der Waals surface area contributed by atoms with E-state index in [0.29, 0.717) is 17.7 Å². The fourth-order valence-electron chi connectivity index (χ4n) is 1.66. The second-order valence-corrected chi connectivity index (χ2v) is 6.06. The average Bonchev–Trinajstić information content (AvgIpc) is 2.25. The van der Waals surface area contributed by atoms with E-state index in [2.05, 4.69) is 5.16 Å². The van der Waals surface area contributed by atoms with Gasteiger partial charge in [-0.05, 0) is 18.6 Å². The summed E-state index contributed by atoms with van der Waals surface area (Å²) in [6.07, 6.45) is 1.48. The molecule has 0 bridgehead atoms. The Hall–Kier alpha value is -1.56. The zero-order valence-electron chi connectivity index (χ0n) is 9.79. The minimum Gasteiger partial charge on any atom is -0.411 e. The van der Waals surface area contributed by atoms with Crippen molar-refractivity contribution in [1.29, 1.82) is 0 Å². The third-order valence-corrected chi connectivity index (χ3v) is 4.10. The summed E-state index contributed by atoms with van der Waals surface area (Å²) in [6, 6.07) is 6.54. The molecular formula is C11H16N2O3S. The van der Waals surface area contributed by atoms with Crippen LogP contribution in [0.1, 0.15) is 18.9 Å². The van der Waals surface area contributed by atoms with Gasteiger partial charge in [-0.2, -0.15) is 0 Å². The normalized spacial score (nSPS) is 14.6. The molecule has 0 amide bonds. The lowest BCUT2D eigenvalue weighted by atomic mass is 10.1. The van der Waals surface area contributed by atoms with Gasteiger partial charge in [0.2, 0.25) is 0 Å². The van der Waals surface area contributed by atoms with Crippen molar-refractivity contribution in [1.82, 2.24) is 0 Å². The lowest BCUT2D eigenvalue weighted by Gasteiger charge is -2.14. The van der Waals surface area contributed by atoms with E-state index in [1.807, 2.05) is 0 Å². The van der Waals surface area contributed by atoms with Crippen LogP contribution in [-0.4, -0.2) is 30.8 Å². The smallest absolute Gasteiger partial charge is 0.156 e. The molecule has 0 saturated carbocycles. The van der Waals surface area contributed by atoms with Crippen LogP contribution in [0.2, 0.25) is 0 Å². The lowest BCUT2D eigenvalue weighted by Crippen LogP contribution is -2.29. The molecule has 5 nitrogen and oxygen atoms in total. The van der Waals surface area contributed by atoms with Crippen molar-refractivity contribution < 1.29 is 13.6 Å². The molecule has 0 unspecified atom stereocenters. The number of hydrogen-bond donors (Lipinski definition) is 2. The number of anilines is 1. The second kappa shape index (κ2) is 5.18. The molecule has 3 N–H and O–H groups in total. The quantitative estimate of drug-likeness (QED) is 0.367. The lowest BCUT2D eigenvalue weighted by molar-refractivity contribution is 0.318. The van der Waals surface area contributed by atoms with Crippen molar-refractivity contribution in [3.8, 4) is 0 Å². The predicted octanol–water partition coefficient (Wildman–Crippen LogP) is 1.27. The molecule has 1 atom stereocenters. The number of nitrogens with two attached hydrogens (primary N) is 1. The minimum absolute atomic E-state index is 0.148. The van der Waals surface area contributed by atoms with E-state index < -0.39 is 15.1 Å². The Labute approximate surface area is 101 Å². The Bertz CT molecular complexity index is 506. The fraction of sp³-hybridized carbons (Fsp3) is 0.364. The number of benzene rings is 1. The molecule has 0 aliphatic heterocycles. The van der Waals surface area contributed by atoms with Gasteiger partial charge >= 0.3 is 0 Å². The molecule has 94 valence electrons. The number of hydrogen-bond acceptors (Lipinski definition) is 5. The highest BCUT2D eigenvalue weighted by atomic mass is 32.2. The number of sulfone groups is 1. The summed E-state index contributed by atoms with van der Waals surface area (Å²) in [5.74, 6) is 0. The average molecular weight is 256 g/mol. The first-order valence-corrected chi connectivity index (χ1v) is 7.12. The topological polar surface area (TPSA) is 92.8 Å². The Kier molecular flexibility index (Phi) is 4.11. The van der Waals surface area contributed by atoms with Crippen LogP contribution in [0.4, 0.5) is 5.69 Å². The van der Waals surface area contributed by atoms with Gasteiger partial charge in [0, 0.05) is 17.5 Å². The first-order chi connectivity index (χ1) is 7.90. The molecule has 0 radical (unpaired) electrons. The molecule has 6 heteroatoms. The van der Waals surface area contributed by atoms with Gasteiger partial charge in [-0.15, -0.1) is 0 Å². The zero-order valence-corrected chi connectivity index (χ0v) is 10.6. The Morgan fingerprint density at radius 2 is 1.94 bits per heavy atom. The molecule has 0 spiro atoms. The maximum Gasteiger partial charge on any atom is 0.156 e. The van der Waals surface area contributed by atoms with Crippen molar-refractivity contribution in [2.24, 2.45) is 5.16 Å². The Morgan fingerprint density at radius 3 is 2.29 bits per heavy atom. The summed E-state index contributed by atoms with van der Waals surface area (Å²) in [5.41, 5.74) is 6.81. The van der Waals surface area contributed by atoms with Crippen molar-refractivity contribution >= 4 is 21.2 Å². The SMILES string of the molecule is CC[C@@H](/C(=N\O)c1ccc(N)cc1)S(C)(=O)=O. The van der Waals surface area contributed by atoms with Crippen LogP contribution in [0.15, 0.2) is 29.4 Å². The fourth-order valence-corrected chi connectivity index (χ4v) is 2.86. The van der Waals surface area contributed by atoms with Gasteiger partial charge < -0.3 is 10.9 Å². The van der Waals surface area contributed by atoms with E-state index in [4.69, 9.17) is 10.9 Å².